The van der Waals surface area contributed by atoms with E-state index in [1.54, 1.807) is 26.0 Å². The third-order valence-corrected chi connectivity index (χ3v) is 2.68. The van der Waals surface area contributed by atoms with Gasteiger partial charge < -0.3 is 10.0 Å². The average Bonchev–Trinajstić information content (AvgIpc) is 2.24. The van der Waals surface area contributed by atoms with Gasteiger partial charge in [0, 0.05) is 13.1 Å². The molecule has 3 nitrogen and oxygen atoms in total. The number of anilines is 1. The minimum atomic E-state index is -0.784. The summed E-state index contributed by atoms with van der Waals surface area (Å²) < 4.78 is 0. The Balaban J connectivity index is 3.01. The van der Waals surface area contributed by atoms with Crippen molar-refractivity contribution in [1.29, 1.82) is 5.26 Å². The zero-order chi connectivity index (χ0) is 13.1. The quantitative estimate of drug-likeness (QED) is 0.896. The molecule has 4 heteroatoms. The first kappa shape index (κ1) is 13.8. The van der Waals surface area contributed by atoms with Crippen molar-refractivity contribution in [3.8, 4) is 6.07 Å². The smallest absolute Gasteiger partial charge is 0.0992 e. The molecule has 0 bridgehead atoms. The van der Waals surface area contributed by atoms with Crippen LogP contribution in [0, 0.1) is 11.3 Å². The SMILES string of the molecule is CCN(CC(C)(C)O)c1ccc(C#N)cc1Cl. The van der Waals surface area contributed by atoms with Gasteiger partial charge in [-0.05, 0) is 39.0 Å². The van der Waals surface area contributed by atoms with Crippen molar-refractivity contribution in [2.45, 2.75) is 26.4 Å². The number of likely N-dealkylation sites (N-methyl/N-ethyl adjacent to an activating group) is 1. The average molecular weight is 253 g/mol. The van der Waals surface area contributed by atoms with Gasteiger partial charge in [0.05, 0.1) is 27.9 Å². The van der Waals surface area contributed by atoms with Crippen LogP contribution in [0.3, 0.4) is 0 Å². The molecule has 0 aliphatic rings. The van der Waals surface area contributed by atoms with Crippen LogP contribution >= 0.6 is 11.6 Å². The molecule has 0 heterocycles. The van der Waals surface area contributed by atoms with Crippen LogP contribution < -0.4 is 4.90 Å². The Labute approximate surface area is 107 Å². The first-order valence-corrected chi connectivity index (χ1v) is 5.92. The minimum Gasteiger partial charge on any atom is -0.389 e. The maximum absolute atomic E-state index is 9.84. The standard InChI is InChI=1S/C13H17ClN2O/c1-4-16(9-13(2,3)17)12-6-5-10(8-15)7-11(12)14/h5-7,17H,4,9H2,1-3H3. The van der Waals surface area contributed by atoms with Gasteiger partial charge in [-0.1, -0.05) is 11.6 Å². The van der Waals surface area contributed by atoms with E-state index in [1.807, 2.05) is 24.0 Å². The molecule has 0 aromatic heterocycles. The van der Waals surface area contributed by atoms with Crippen molar-refractivity contribution in [2.75, 3.05) is 18.0 Å². The van der Waals surface area contributed by atoms with Gasteiger partial charge in [0.2, 0.25) is 0 Å². The van der Waals surface area contributed by atoms with E-state index in [0.29, 0.717) is 17.1 Å². The molecule has 0 radical (unpaired) electrons. The van der Waals surface area contributed by atoms with Crippen LogP contribution in [0.2, 0.25) is 5.02 Å². The molecular formula is C13H17ClN2O. The molecule has 0 unspecified atom stereocenters. The summed E-state index contributed by atoms with van der Waals surface area (Å²) in [5, 5.41) is 19.1. The van der Waals surface area contributed by atoms with Gasteiger partial charge >= 0.3 is 0 Å². The molecule has 1 rings (SSSR count). The molecule has 0 spiro atoms. The van der Waals surface area contributed by atoms with Crippen molar-refractivity contribution in [3.63, 3.8) is 0 Å². The van der Waals surface area contributed by atoms with E-state index in [-0.39, 0.29) is 0 Å². The molecular weight excluding hydrogens is 236 g/mol. The second-order valence-electron chi connectivity index (χ2n) is 4.60. The number of nitrogens with zero attached hydrogens (tertiary/aromatic N) is 2. The highest BCUT2D eigenvalue weighted by atomic mass is 35.5. The monoisotopic (exact) mass is 252 g/mol. The Morgan fingerprint density at radius 1 is 1.47 bits per heavy atom. The van der Waals surface area contributed by atoms with Crippen LogP contribution in [-0.4, -0.2) is 23.8 Å². The Bertz CT molecular complexity index is 432. The minimum absolute atomic E-state index is 0.495. The van der Waals surface area contributed by atoms with E-state index in [2.05, 4.69) is 0 Å². The zero-order valence-corrected chi connectivity index (χ0v) is 11.1. The molecule has 92 valence electrons. The van der Waals surface area contributed by atoms with Crippen LogP contribution in [0.5, 0.6) is 0 Å². The molecule has 1 aromatic carbocycles. The first-order valence-electron chi connectivity index (χ1n) is 5.54. The fourth-order valence-corrected chi connectivity index (χ4v) is 1.97. The van der Waals surface area contributed by atoms with E-state index in [9.17, 15) is 5.11 Å². The van der Waals surface area contributed by atoms with Crippen LogP contribution in [0.15, 0.2) is 18.2 Å². The highest BCUT2D eigenvalue weighted by Crippen LogP contribution is 2.27. The highest BCUT2D eigenvalue weighted by Gasteiger charge is 2.19. The lowest BCUT2D eigenvalue weighted by atomic mass is 10.1. The Morgan fingerprint density at radius 2 is 2.12 bits per heavy atom. The van der Waals surface area contributed by atoms with Crippen molar-refractivity contribution in [2.24, 2.45) is 0 Å². The van der Waals surface area contributed by atoms with E-state index in [4.69, 9.17) is 16.9 Å². The Kier molecular flexibility index (Phi) is 4.39. The third kappa shape index (κ3) is 3.92. The summed E-state index contributed by atoms with van der Waals surface area (Å²) in [6.07, 6.45) is 0. The molecule has 0 saturated heterocycles. The van der Waals surface area contributed by atoms with Gasteiger partial charge in [0.1, 0.15) is 0 Å². The van der Waals surface area contributed by atoms with Gasteiger partial charge in [-0.15, -0.1) is 0 Å². The van der Waals surface area contributed by atoms with E-state index in [1.165, 1.54) is 0 Å². The summed E-state index contributed by atoms with van der Waals surface area (Å²) in [6, 6.07) is 7.24. The normalized spacial score (nSPS) is 11.1. The van der Waals surface area contributed by atoms with E-state index < -0.39 is 5.60 Å². The topological polar surface area (TPSA) is 47.3 Å². The van der Waals surface area contributed by atoms with Crippen molar-refractivity contribution in [1.82, 2.24) is 0 Å². The van der Waals surface area contributed by atoms with Crippen LogP contribution in [-0.2, 0) is 0 Å². The fourth-order valence-electron chi connectivity index (χ4n) is 1.67. The molecule has 0 fully saturated rings. The van der Waals surface area contributed by atoms with Gasteiger partial charge in [-0.3, -0.25) is 0 Å². The predicted octanol–water partition coefficient (Wildman–Crippen LogP) is 2.81. The van der Waals surface area contributed by atoms with Crippen molar-refractivity contribution in [3.05, 3.63) is 28.8 Å². The largest absolute Gasteiger partial charge is 0.389 e. The van der Waals surface area contributed by atoms with Crippen molar-refractivity contribution < 1.29 is 5.11 Å². The van der Waals surface area contributed by atoms with Gasteiger partial charge in [0.15, 0.2) is 0 Å². The summed E-state index contributed by atoms with van der Waals surface area (Å²) >= 11 is 6.14. The number of hydrogen-bond donors (Lipinski definition) is 1. The second kappa shape index (κ2) is 5.39. The molecule has 1 N–H and O–H groups in total. The highest BCUT2D eigenvalue weighted by molar-refractivity contribution is 6.33. The van der Waals surface area contributed by atoms with Crippen LogP contribution in [0.25, 0.3) is 0 Å². The molecule has 0 amide bonds. The summed E-state index contributed by atoms with van der Waals surface area (Å²) in [6.45, 7) is 6.76. The van der Waals surface area contributed by atoms with Crippen LogP contribution in [0.4, 0.5) is 5.69 Å². The molecule has 0 aliphatic heterocycles. The lowest BCUT2D eigenvalue weighted by Gasteiger charge is -2.30. The zero-order valence-electron chi connectivity index (χ0n) is 10.4. The summed E-state index contributed by atoms with van der Waals surface area (Å²) in [5.74, 6) is 0. The van der Waals surface area contributed by atoms with Gasteiger partial charge in [0.25, 0.3) is 0 Å². The maximum atomic E-state index is 9.84. The molecule has 0 aliphatic carbocycles. The second-order valence-corrected chi connectivity index (χ2v) is 5.01. The number of rotatable bonds is 4. The summed E-state index contributed by atoms with van der Waals surface area (Å²) in [4.78, 5) is 1.99. The lowest BCUT2D eigenvalue weighted by Crippen LogP contribution is -2.38. The van der Waals surface area contributed by atoms with Crippen molar-refractivity contribution >= 4 is 17.3 Å². The maximum Gasteiger partial charge on any atom is 0.0992 e. The molecule has 1 aromatic rings. The Morgan fingerprint density at radius 3 is 2.53 bits per heavy atom. The number of hydrogen-bond acceptors (Lipinski definition) is 3. The van der Waals surface area contributed by atoms with Gasteiger partial charge in [-0.25, -0.2) is 0 Å². The number of benzene rings is 1. The molecule has 0 saturated carbocycles. The predicted molar refractivity (Wildman–Crippen MR) is 70.4 cm³/mol. The lowest BCUT2D eigenvalue weighted by molar-refractivity contribution is 0.0876. The first-order chi connectivity index (χ1) is 7.87. The van der Waals surface area contributed by atoms with Gasteiger partial charge in [-0.2, -0.15) is 5.26 Å². The fraction of sp³-hybridized carbons (Fsp3) is 0.462. The Hall–Kier alpha value is -1.24. The van der Waals surface area contributed by atoms with E-state index >= 15 is 0 Å². The molecule has 0 atom stereocenters. The third-order valence-electron chi connectivity index (χ3n) is 2.38. The summed E-state index contributed by atoms with van der Waals surface area (Å²) in [7, 11) is 0. The van der Waals surface area contributed by atoms with Crippen LogP contribution in [0.1, 0.15) is 26.3 Å². The number of halogens is 1. The van der Waals surface area contributed by atoms with E-state index in [0.717, 1.165) is 12.2 Å². The molecule has 17 heavy (non-hydrogen) atoms. The number of aliphatic hydroxyl groups is 1. The number of nitriles is 1. The summed E-state index contributed by atoms with van der Waals surface area (Å²) in [5.41, 5.74) is 0.598.